The molecule has 0 saturated carbocycles. The van der Waals surface area contributed by atoms with Crippen LogP contribution in [0.4, 0.5) is 0 Å². The van der Waals surface area contributed by atoms with Crippen molar-refractivity contribution in [1.82, 2.24) is 10.2 Å². The summed E-state index contributed by atoms with van der Waals surface area (Å²) in [5.74, 6) is -0.0596. The zero-order valence-electron chi connectivity index (χ0n) is 6.63. The Morgan fingerprint density at radius 2 is 2.00 bits per heavy atom. The lowest BCUT2D eigenvalue weighted by atomic mass is 10.1. The molecule has 0 fully saturated rings. The number of aryl methyl sites for hydroxylation is 1. The lowest BCUT2D eigenvalue weighted by Gasteiger charge is -2.05. The van der Waals surface area contributed by atoms with Gasteiger partial charge in [0.15, 0.2) is 0 Å². The third-order valence-corrected chi connectivity index (χ3v) is 1.76. The summed E-state index contributed by atoms with van der Waals surface area (Å²) in [6.07, 6.45) is 0. The SMILES string of the molecule is Cc1nnc(O)c(CN)c1C. The van der Waals surface area contributed by atoms with Crippen molar-refractivity contribution in [3.05, 3.63) is 16.8 Å². The number of hydrogen-bond acceptors (Lipinski definition) is 4. The highest BCUT2D eigenvalue weighted by atomic mass is 16.3. The van der Waals surface area contributed by atoms with E-state index in [0.717, 1.165) is 11.3 Å². The maximum Gasteiger partial charge on any atom is 0.235 e. The molecular formula is C7H11N3O. The first-order valence-corrected chi connectivity index (χ1v) is 3.38. The molecule has 11 heavy (non-hydrogen) atoms. The summed E-state index contributed by atoms with van der Waals surface area (Å²) >= 11 is 0. The number of hydrogen-bond donors (Lipinski definition) is 2. The average molecular weight is 153 g/mol. The monoisotopic (exact) mass is 153 g/mol. The summed E-state index contributed by atoms with van der Waals surface area (Å²) in [5, 5.41) is 16.4. The van der Waals surface area contributed by atoms with E-state index in [1.165, 1.54) is 0 Å². The van der Waals surface area contributed by atoms with Crippen LogP contribution in [0.25, 0.3) is 0 Å². The molecule has 1 rings (SSSR count). The molecule has 4 nitrogen and oxygen atoms in total. The van der Waals surface area contributed by atoms with Crippen LogP contribution in [0.1, 0.15) is 16.8 Å². The number of aromatic nitrogens is 2. The minimum Gasteiger partial charge on any atom is -0.492 e. The maximum atomic E-state index is 9.16. The van der Waals surface area contributed by atoms with Crippen molar-refractivity contribution in [3.63, 3.8) is 0 Å². The highest BCUT2D eigenvalue weighted by Crippen LogP contribution is 2.17. The van der Waals surface area contributed by atoms with Crippen molar-refractivity contribution >= 4 is 0 Å². The van der Waals surface area contributed by atoms with Crippen LogP contribution < -0.4 is 5.73 Å². The van der Waals surface area contributed by atoms with Gasteiger partial charge in [0.1, 0.15) is 0 Å². The van der Waals surface area contributed by atoms with Gasteiger partial charge < -0.3 is 10.8 Å². The van der Waals surface area contributed by atoms with Gasteiger partial charge in [0.25, 0.3) is 0 Å². The summed E-state index contributed by atoms with van der Waals surface area (Å²) < 4.78 is 0. The number of nitrogens with two attached hydrogens (primary N) is 1. The Morgan fingerprint density at radius 3 is 2.45 bits per heavy atom. The quantitative estimate of drug-likeness (QED) is 0.607. The Bertz CT molecular complexity index is 273. The molecule has 0 aromatic carbocycles. The molecule has 0 spiro atoms. The number of aromatic hydroxyl groups is 1. The van der Waals surface area contributed by atoms with E-state index in [0.29, 0.717) is 12.1 Å². The van der Waals surface area contributed by atoms with Crippen molar-refractivity contribution in [2.45, 2.75) is 20.4 Å². The van der Waals surface area contributed by atoms with E-state index >= 15 is 0 Å². The van der Waals surface area contributed by atoms with E-state index in [2.05, 4.69) is 10.2 Å². The molecular weight excluding hydrogens is 142 g/mol. The molecule has 0 aliphatic heterocycles. The first-order valence-electron chi connectivity index (χ1n) is 3.38. The van der Waals surface area contributed by atoms with Gasteiger partial charge in [-0.05, 0) is 19.4 Å². The molecule has 0 saturated heterocycles. The third-order valence-electron chi connectivity index (χ3n) is 1.76. The second kappa shape index (κ2) is 2.84. The molecule has 0 radical (unpaired) electrons. The molecule has 0 atom stereocenters. The van der Waals surface area contributed by atoms with Gasteiger partial charge in [-0.1, -0.05) is 0 Å². The van der Waals surface area contributed by atoms with Crippen molar-refractivity contribution in [2.75, 3.05) is 0 Å². The predicted molar refractivity (Wildman–Crippen MR) is 41.1 cm³/mol. The van der Waals surface area contributed by atoms with E-state index in [4.69, 9.17) is 10.8 Å². The van der Waals surface area contributed by atoms with Crippen LogP contribution in [-0.4, -0.2) is 15.3 Å². The summed E-state index contributed by atoms with van der Waals surface area (Å²) in [6, 6.07) is 0. The van der Waals surface area contributed by atoms with Crippen LogP contribution >= 0.6 is 0 Å². The Hall–Kier alpha value is -1.16. The molecule has 0 amide bonds. The van der Waals surface area contributed by atoms with Crippen LogP contribution in [0, 0.1) is 13.8 Å². The van der Waals surface area contributed by atoms with Gasteiger partial charge in [-0.3, -0.25) is 0 Å². The number of nitrogens with zero attached hydrogens (tertiary/aromatic N) is 2. The lowest BCUT2D eigenvalue weighted by Crippen LogP contribution is -2.04. The van der Waals surface area contributed by atoms with Crippen molar-refractivity contribution < 1.29 is 5.11 Å². The minimum atomic E-state index is -0.0596. The molecule has 1 heterocycles. The van der Waals surface area contributed by atoms with Crippen molar-refractivity contribution in [2.24, 2.45) is 5.73 Å². The van der Waals surface area contributed by atoms with Gasteiger partial charge >= 0.3 is 0 Å². The fourth-order valence-corrected chi connectivity index (χ4v) is 0.888. The lowest BCUT2D eigenvalue weighted by molar-refractivity contribution is 0.436. The topological polar surface area (TPSA) is 72.0 Å². The van der Waals surface area contributed by atoms with Gasteiger partial charge in [0.2, 0.25) is 5.88 Å². The minimum absolute atomic E-state index is 0.0596. The average Bonchev–Trinajstić information content (AvgIpc) is 1.99. The summed E-state index contributed by atoms with van der Waals surface area (Å²) in [6.45, 7) is 4.00. The Morgan fingerprint density at radius 1 is 1.36 bits per heavy atom. The molecule has 3 N–H and O–H groups in total. The van der Waals surface area contributed by atoms with E-state index < -0.39 is 0 Å². The Kier molecular flexibility index (Phi) is 2.05. The van der Waals surface area contributed by atoms with E-state index in [-0.39, 0.29) is 5.88 Å². The molecule has 60 valence electrons. The Labute approximate surface area is 65.1 Å². The second-order valence-electron chi connectivity index (χ2n) is 2.42. The third kappa shape index (κ3) is 1.30. The van der Waals surface area contributed by atoms with E-state index in [1.54, 1.807) is 0 Å². The smallest absolute Gasteiger partial charge is 0.235 e. The maximum absolute atomic E-state index is 9.16. The molecule has 1 aromatic heterocycles. The standard InChI is InChI=1S/C7H11N3O/c1-4-5(2)9-10-7(11)6(4)3-8/h3,8H2,1-2H3,(H,10,11). The zero-order chi connectivity index (χ0) is 8.43. The van der Waals surface area contributed by atoms with Gasteiger partial charge in [-0.2, -0.15) is 5.10 Å². The molecule has 0 aliphatic rings. The van der Waals surface area contributed by atoms with Crippen molar-refractivity contribution in [3.8, 4) is 5.88 Å². The van der Waals surface area contributed by atoms with Crippen molar-refractivity contribution in [1.29, 1.82) is 0 Å². The van der Waals surface area contributed by atoms with Gasteiger partial charge in [0.05, 0.1) is 5.69 Å². The van der Waals surface area contributed by atoms with E-state index in [1.807, 2.05) is 13.8 Å². The van der Waals surface area contributed by atoms with E-state index in [9.17, 15) is 0 Å². The summed E-state index contributed by atoms with van der Waals surface area (Å²) in [5.41, 5.74) is 7.80. The van der Waals surface area contributed by atoms with Crippen LogP contribution in [0.3, 0.4) is 0 Å². The fourth-order valence-electron chi connectivity index (χ4n) is 0.888. The zero-order valence-corrected chi connectivity index (χ0v) is 6.63. The highest BCUT2D eigenvalue weighted by Gasteiger charge is 2.06. The first kappa shape index (κ1) is 7.94. The highest BCUT2D eigenvalue weighted by molar-refractivity contribution is 5.33. The van der Waals surface area contributed by atoms with Crippen LogP contribution in [-0.2, 0) is 6.54 Å². The van der Waals surface area contributed by atoms with Gasteiger partial charge in [-0.15, -0.1) is 5.10 Å². The summed E-state index contributed by atoms with van der Waals surface area (Å²) in [7, 11) is 0. The molecule has 0 bridgehead atoms. The van der Waals surface area contributed by atoms with Crippen LogP contribution in [0.2, 0.25) is 0 Å². The largest absolute Gasteiger partial charge is 0.492 e. The molecule has 0 unspecified atom stereocenters. The molecule has 0 aliphatic carbocycles. The normalized spacial score (nSPS) is 10.1. The van der Waals surface area contributed by atoms with Crippen LogP contribution in [0.5, 0.6) is 5.88 Å². The number of rotatable bonds is 1. The summed E-state index contributed by atoms with van der Waals surface area (Å²) in [4.78, 5) is 0. The second-order valence-corrected chi connectivity index (χ2v) is 2.42. The fraction of sp³-hybridized carbons (Fsp3) is 0.429. The Balaban J connectivity index is 3.29. The van der Waals surface area contributed by atoms with Gasteiger partial charge in [0, 0.05) is 12.1 Å². The molecule has 4 heteroatoms. The predicted octanol–water partition coefficient (Wildman–Crippen LogP) is 0.258. The first-order chi connectivity index (χ1) is 5.16. The molecule has 1 aromatic rings. The van der Waals surface area contributed by atoms with Crippen LogP contribution in [0.15, 0.2) is 0 Å². The van der Waals surface area contributed by atoms with Gasteiger partial charge in [-0.25, -0.2) is 0 Å².